The summed E-state index contributed by atoms with van der Waals surface area (Å²) in [5.74, 6) is -0.728. The second-order valence-electron chi connectivity index (χ2n) is 6.03. The lowest BCUT2D eigenvalue weighted by molar-refractivity contribution is -0.137. The fraction of sp³-hybridized carbons (Fsp3) is 0.278. The molecule has 0 spiro atoms. The van der Waals surface area contributed by atoms with E-state index in [1.807, 2.05) is 6.92 Å². The highest BCUT2D eigenvalue weighted by atomic mass is 19.4. The Morgan fingerprint density at radius 1 is 1.12 bits per heavy atom. The SMILES string of the molecule is CC(c1cccc(F)c1-c1ccc(C(F)(F)F)cc1)C1CNC(=O)N1. The third-order valence-corrected chi connectivity index (χ3v) is 4.44. The third-order valence-electron chi connectivity index (χ3n) is 4.44. The molecule has 2 amide bonds. The van der Waals surface area contributed by atoms with Crippen molar-refractivity contribution >= 4 is 6.03 Å². The van der Waals surface area contributed by atoms with Gasteiger partial charge in [0.15, 0.2) is 0 Å². The minimum atomic E-state index is -4.44. The van der Waals surface area contributed by atoms with Crippen molar-refractivity contribution < 1.29 is 22.4 Å². The molecule has 1 saturated heterocycles. The molecule has 0 saturated carbocycles. The smallest absolute Gasteiger partial charge is 0.336 e. The van der Waals surface area contributed by atoms with Crippen molar-refractivity contribution in [2.45, 2.75) is 25.1 Å². The molecule has 2 aromatic rings. The predicted octanol–water partition coefficient (Wildman–Crippen LogP) is 4.30. The Bertz CT molecular complexity index is 787. The van der Waals surface area contributed by atoms with E-state index in [1.165, 1.54) is 18.2 Å². The summed E-state index contributed by atoms with van der Waals surface area (Å²) in [6.07, 6.45) is -4.44. The van der Waals surface area contributed by atoms with Gasteiger partial charge in [0.05, 0.1) is 11.6 Å². The number of carbonyl (C=O) groups is 1. The van der Waals surface area contributed by atoms with Gasteiger partial charge in [0.2, 0.25) is 0 Å². The molecule has 2 N–H and O–H groups in total. The zero-order chi connectivity index (χ0) is 18.2. The van der Waals surface area contributed by atoms with Gasteiger partial charge in [0, 0.05) is 18.0 Å². The minimum absolute atomic E-state index is 0.216. The first kappa shape index (κ1) is 17.3. The van der Waals surface area contributed by atoms with E-state index in [1.54, 1.807) is 12.1 Å². The summed E-state index contributed by atoms with van der Waals surface area (Å²) in [6, 6.07) is 8.46. The van der Waals surface area contributed by atoms with Gasteiger partial charge in [0.1, 0.15) is 5.82 Å². The molecule has 132 valence electrons. The van der Waals surface area contributed by atoms with Crippen molar-refractivity contribution in [1.29, 1.82) is 0 Å². The molecule has 1 heterocycles. The summed E-state index contributed by atoms with van der Waals surface area (Å²) in [7, 11) is 0. The van der Waals surface area contributed by atoms with Crippen LogP contribution in [-0.2, 0) is 6.18 Å². The van der Waals surface area contributed by atoms with Gasteiger partial charge in [-0.05, 0) is 29.3 Å². The number of rotatable bonds is 3. The summed E-state index contributed by atoms with van der Waals surface area (Å²) >= 11 is 0. The molecule has 1 aliphatic rings. The first-order valence-electron chi connectivity index (χ1n) is 7.78. The van der Waals surface area contributed by atoms with Crippen LogP contribution in [0.5, 0.6) is 0 Å². The predicted molar refractivity (Wildman–Crippen MR) is 85.6 cm³/mol. The zero-order valence-corrected chi connectivity index (χ0v) is 13.3. The maximum absolute atomic E-state index is 14.5. The second-order valence-corrected chi connectivity index (χ2v) is 6.03. The quantitative estimate of drug-likeness (QED) is 0.795. The van der Waals surface area contributed by atoms with Crippen LogP contribution in [0.2, 0.25) is 0 Å². The second kappa shape index (κ2) is 6.38. The van der Waals surface area contributed by atoms with Gasteiger partial charge < -0.3 is 10.6 Å². The van der Waals surface area contributed by atoms with E-state index < -0.39 is 17.6 Å². The molecule has 2 unspecified atom stereocenters. The molecule has 2 atom stereocenters. The first-order valence-corrected chi connectivity index (χ1v) is 7.78. The summed E-state index contributed by atoms with van der Waals surface area (Å²) in [4.78, 5) is 11.3. The number of nitrogens with one attached hydrogen (secondary N) is 2. The van der Waals surface area contributed by atoms with Crippen molar-refractivity contribution in [3.63, 3.8) is 0 Å². The number of halogens is 4. The lowest BCUT2D eigenvalue weighted by Gasteiger charge is -2.22. The van der Waals surface area contributed by atoms with Crippen LogP contribution in [0.1, 0.15) is 24.0 Å². The van der Waals surface area contributed by atoms with E-state index in [4.69, 9.17) is 0 Å². The Kier molecular flexibility index (Phi) is 4.41. The molecule has 3 rings (SSSR count). The molecule has 0 aliphatic carbocycles. The van der Waals surface area contributed by atoms with Crippen molar-refractivity contribution in [2.75, 3.05) is 6.54 Å². The largest absolute Gasteiger partial charge is 0.416 e. The first-order chi connectivity index (χ1) is 11.8. The van der Waals surface area contributed by atoms with Gasteiger partial charge in [-0.2, -0.15) is 13.2 Å². The highest BCUT2D eigenvalue weighted by molar-refractivity contribution is 5.77. The fourth-order valence-corrected chi connectivity index (χ4v) is 3.04. The average Bonchev–Trinajstić information content (AvgIpc) is 3.00. The standard InChI is InChI=1S/C18H16F4N2O/c1-10(15-9-23-17(25)24-15)13-3-2-4-14(19)16(13)11-5-7-12(8-6-11)18(20,21)22/h2-8,10,15H,9H2,1H3,(H2,23,24,25). The van der Waals surface area contributed by atoms with Gasteiger partial charge in [-0.25, -0.2) is 9.18 Å². The van der Waals surface area contributed by atoms with Crippen LogP contribution in [-0.4, -0.2) is 18.6 Å². The summed E-state index contributed by atoms with van der Waals surface area (Å²) in [6.45, 7) is 2.25. The molecule has 1 fully saturated rings. The topological polar surface area (TPSA) is 41.1 Å². The number of benzene rings is 2. The van der Waals surface area contributed by atoms with Crippen LogP contribution in [0.3, 0.4) is 0 Å². The molecule has 2 aromatic carbocycles. The maximum atomic E-state index is 14.5. The average molecular weight is 352 g/mol. The van der Waals surface area contributed by atoms with Gasteiger partial charge in [0.25, 0.3) is 0 Å². The summed E-state index contributed by atoms with van der Waals surface area (Å²) in [5.41, 5.74) is 0.471. The van der Waals surface area contributed by atoms with Crippen LogP contribution in [0.4, 0.5) is 22.4 Å². The molecule has 0 radical (unpaired) electrons. The van der Waals surface area contributed by atoms with Gasteiger partial charge in [-0.1, -0.05) is 31.2 Å². The Morgan fingerprint density at radius 3 is 2.36 bits per heavy atom. The van der Waals surface area contributed by atoms with E-state index in [0.717, 1.165) is 12.1 Å². The van der Waals surface area contributed by atoms with Crippen molar-refractivity contribution in [1.82, 2.24) is 10.6 Å². The molecule has 3 nitrogen and oxygen atoms in total. The monoisotopic (exact) mass is 352 g/mol. The van der Waals surface area contributed by atoms with E-state index in [2.05, 4.69) is 10.6 Å². The van der Waals surface area contributed by atoms with Crippen LogP contribution in [0.25, 0.3) is 11.1 Å². The van der Waals surface area contributed by atoms with Crippen molar-refractivity contribution in [3.8, 4) is 11.1 Å². The van der Waals surface area contributed by atoms with E-state index >= 15 is 0 Å². The van der Waals surface area contributed by atoms with Crippen LogP contribution in [0.15, 0.2) is 42.5 Å². The molecule has 0 aromatic heterocycles. The van der Waals surface area contributed by atoms with Crippen molar-refractivity contribution in [2.24, 2.45) is 0 Å². The molecule has 1 aliphatic heterocycles. The molecule has 25 heavy (non-hydrogen) atoms. The van der Waals surface area contributed by atoms with Gasteiger partial charge >= 0.3 is 12.2 Å². The molecular weight excluding hydrogens is 336 g/mol. The Morgan fingerprint density at radius 2 is 1.80 bits per heavy atom. The summed E-state index contributed by atoms with van der Waals surface area (Å²) < 4.78 is 52.7. The van der Waals surface area contributed by atoms with E-state index in [-0.39, 0.29) is 23.6 Å². The summed E-state index contributed by atoms with van der Waals surface area (Å²) in [5, 5.41) is 5.41. The normalized spacial score (nSPS) is 18.6. The number of alkyl halides is 3. The lowest BCUT2D eigenvalue weighted by Crippen LogP contribution is -2.31. The number of amides is 2. The molecule has 0 bridgehead atoms. The van der Waals surface area contributed by atoms with E-state index in [9.17, 15) is 22.4 Å². The highest BCUT2D eigenvalue weighted by Crippen LogP contribution is 2.36. The number of hydrogen-bond acceptors (Lipinski definition) is 1. The van der Waals surface area contributed by atoms with Crippen LogP contribution >= 0.6 is 0 Å². The lowest BCUT2D eigenvalue weighted by atomic mass is 9.87. The highest BCUT2D eigenvalue weighted by Gasteiger charge is 2.31. The Balaban J connectivity index is 2.00. The van der Waals surface area contributed by atoms with Crippen LogP contribution in [0, 0.1) is 5.82 Å². The fourth-order valence-electron chi connectivity index (χ4n) is 3.04. The van der Waals surface area contributed by atoms with E-state index in [0.29, 0.717) is 17.7 Å². The Hall–Kier alpha value is -2.57. The Labute approximate surface area is 142 Å². The van der Waals surface area contributed by atoms with Crippen LogP contribution < -0.4 is 10.6 Å². The number of hydrogen-bond donors (Lipinski definition) is 2. The van der Waals surface area contributed by atoms with Gasteiger partial charge in [-0.3, -0.25) is 0 Å². The zero-order valence-electron chi connectivity index (χ0n) is 13.3. The maximum Gasteiger partial charge on any atom is 0.416 e. The van der Waals surface area contributed by atoms with Gasteiger partial charge in [-0.15, -0.1) is 0 Å². The minimum Gasteiger partial charge on any atom is -0.336 e. The molecular formula is C18H16F4N2O. The van der Waals surface area contributed by atoms with Crippen molar-refractivity contribution in [3.05, 3.63) is 59.4 Å². The third kappa shape index (κ3) is 3.45. The number of carbonyl (C=O) groups excluding carboxylic acids is 1. The molecule has 7 heteroatoms. The number of urea groups is 1.